The van der Waals surface area contributed by atoms with Gasteiger partial charge in [-0.1, -0.05) is 11.6 Å². The Hall–Kier alpha value is -1.79. The number of pyridine rings is 1. The van der Waals surface area contributed by atoms with Crippen LogP contribution in [0.15, 0.2) is 24.7 Å². The monoisotopic (exact) mass is 322 g/mol. The third-order valence-corrected chi connectivity index (χ3v) is 3.95. The molecule has 1 aliphatic heterocycles. The Labute approximate surface area is 132 Å². The molecule has 3 heterocycles. The highest BCUT2D eigenvalue weighted by Crippen LogP contribution is 2.26. The lowest BCUT2D eigenvalue weighted by Crippen LogP contribution is -2.23. The molecule has 0 amide bonds. The van der Waals surface area contributed by atoms with Crippen molar-refractivity contribution in [3.63, 3.8) is 0 Å². The maximum atomic E-state index is 13.3. The molecule has 0 aromatic carbocycles. The van der Waals surface area contributed by atoms with Crippen molar-refractivity contribution >= 4 is 17.4 Å². The van der Waals surface area contributed by atoms with E-state index in [1.807, 2.05) is 0 Å². The molecule has 7 heteroatoms. The van der Waals surface area contributed by atoms with Crippen LogP contribution in [0.25, 0.3) is 11.3 Å². The average Bonchev–Trinajstić information content (AvgIpc) is 2.56. The van der Waals surface area contributed by atoms with Gasteiger partial charge in [0.2, 0.25) is 5.95 Å². The van der Waals surface area contributed by atoms with Gasteiger partial charge in [0, 0.05) is 37.6 Å². The van der Waals surface area contributed by atoms with E-state index in [4.69, 9.17) is 16.3 Å². The maximum absolute atomic E-state index is 13.3. The zero-order valence-electron chi connectivity index (χ0n) is 11.9. The number of aromatic nitrogens is 3. The summed E-state index contributed by atoms with van der Waals surface area (Å²) in [5.41, 5.74) is 1.000. The second kappa shape index (κ2) is 6.98. The molecule has 1 fully saturated rings. The van der Waals surface area contributed by atoms with Crippen LogP contribution in [-0.4, -0.2) is 34.7 Å². The minimum absolute atomic E-state index is 0.345. The second-order valence-electron chi connectivity index (χ2n) is 5.21. The highest BCUT2D eigenvalue weighted by atomic mass is 35.5. The van der Waals surface area contributed by atoms with E-state index in [0.717, 1.165) is 32.6 Å². The molecule has 22 heavy (non-hydrogen) atoms. The van der Waals surface area contributed by atoms with Gasteiger partial charge in [-0.15, -0.1) is 0 Å². The van der Waals surface area contributed by atoms with Gasteiger partial charge in [0.1, 0.15) is 5.82 Å². The molecule has 2 aromatic heterocycles. The molecule has 1 N–H and O–H groups in total. The fourth-order valence-corrected chi connectivity index (χ4v) is 2.59. The lowest BCUT2D eigenvalue weighted by atomic mass is 10.0. The summed E-state index contributed by atoms with van der Waals surface area (Å²) in [6, 6.07) is 1.26. The molecule has 1 saturated heterocycles. The molecule has 116 valence electrons. The Morgan fingerprint density at radius 1 is 1.27 bits per heavy atom. The van der Waals surface area contributed by atoms with Gasteiger partial charge < -0.3 is 10.1 Å². The zero-order chi connectivity index (χ0) is 15.4. The second-order valence-corrected chi connectivity index (χ2v) is 5.62. The van der Waals surface area contributed by atoms with Crippen molar-refractivity contribution < 1.29 is 9.13 Å². The van der Waals surface area contributed by atoms with Gasteiger partial charge in [-0.2, -0.15) is 4.39 Å². The largest absolute Gasteiger partial charge is 0.381 e. The fourth-order valence-electron chi connectivity index (χ4n) is 2.39. The van der Waals surface area contributed by atoms with Crippen LogP contribution in [0.2, 0.25) is 5.02 Å². The smallest absolute Gasteiger partial charge is 0.213 e. The van der Waals surface area contributed by atoms with Gasteiger partial charge in [-0.3, -0.25) is 4.98 Å². The molecule has 0 unspecified atom stereocenters. The molecular weight excluding hydrogens is 307 g/mol. The summed E-state index contributed by atoms with van der Waals surface area (Å²) in [5.74, 6) is 0.625. The number of rotatable bonds is 4. The SMILES string of the molecule is Fc1cc(-c2cncc(NCC3CCOCC3)n2)c(Cl)cn1. The third kappa shape index (κ3) is 3.69. The number of halogens is 2. The fraction of sp³-hybridized carbons (Fsp3) is 0.400. The van der Waals surface area contributed by atoms with Crippen LogP contribution in [0, 0.1) is 11.9 Å². The van der Waals surface area contributed by atoms with E-state index in [2.05, 4.69) is 20.3 Å². The summed E-state index contributed by atoms with van der Waals surface area (Å²) >= 11 is 6.05. The predicted octanol–water partition coefficient (Wildman–Crippen LogP) is 3.17. The standard InChI is InChI=1S/C15H16ClFN4O/c16-12-7-19-14(17)5-11(12)13-8-18-9-15(21-13)20-6-10-1-3-22-4-2-10/h5,7-10H,1-4,6H2,(H,20,21). The Balaban J connectivity index is 1.73. The minimum atomic E-state index is -0.596. The van der Waals surface area contributed by atoms with Crippen molar-refractivity contribution in [2.45, 2.75) is 12.8 Å². The van der Waals surface area contributed by atoms with E-state index >= 15 is 0 Å². The van der Waals surface area contributed by atoms with Crippen molar-refractivity contribution in [1.29, 1.82) is 0 Å². The highest BCUT2D eigenvalue weighted by Gasteiger charge is 2.14. The molecule has 1 aliphatic rings. The van der Waals surface area contributed by atoms with Crippen LogP contribution in [0.3, 0.4) is 0 Å². The molecule has 0 atom stereocenters. The van der Waals surface area contributed by atoms with Crippen LogP contribution in [0.4, 0.5) is 10.2 Å². The van der Waals surface area contributed by atoms with E-state index in [-0.39, 0.29) is 0 Å². The number of anilines is 1. The Kier molecular flexibility index (Phi) is 4.80. The van der Waals surface area contributed by atoms with Crippen LogP contribution in [-0.2, 0) is 4.74 Å². The van der Waals surface area contributed by atoms with E-state index in [0.29, 0.717) is 28.0 Å². The maximum Gasteiger partial charge on any atom is 0.213 e. The van der Waals surface area contributed by atoms with Gasteiger partial charge in [0.15, 0.2) is 0 Å². The van der Waals surface area contributed by atoms with Crippen LogP contribution in [0.1, 0.15) is 12.8 Å². The number of nitrogens with zero attached hydrogens (tertiary/aromatic N) is 3. The predicted molar refractivity (Wildman–Crippen MR) is 82.3 cm³/mol. The molecular formula is C15H16ClFN4O. The van der Waals surface area contributed by atoms with E-state index in [9.17, 15) is 4.39 Å². The highest BCUT2D eigenvalue weighted by molar-refractivity contribution is 6.33. The average molecular weight is 323 g/mol. The lowest BCUT2D eigenvalue weighted by Gasteiger charge is -2.22. The summed E-state index contributed by atoms with van der Waals surface area (Å²) in [6.07, 6.45) is 6.56. The number of hydrogen-bond donors (Lipinski definition) is 1. The Morgan fingerprint density at radius 2 is 2.09 bits per heavy atom. The lowest BCUT2D eigenvalue weighted by molar-refractivity contribution is 0.0699. The van der Waals surface area contributed by atoms with E-state index in [1.165, 1.54) is 12.3 Å². The van der Waals surface area contributed by atoms with Gasteiger partial charge in [-0.25, -0.2) is 9.97 Å². The number of ether oxygens (including phenoxy) is 1. The molecule has 0 bridgehead atoms. The molecule has 0 radical (unpaired) electrons. The van der Waals surface area contributed by atoms with Crippen molar-refractivity contribution in [3.05, 3.63) is 35.6 Å². The Morgan fingerprint density at radius 3 is 2.91 bits per heavy atom. The quantitative estimate of drug-likeness (QED) is 0.876. The van der Waals surface area contributed by atoms with Gasteiger partial charge in [0.05, 0.1) is 23.1 Å². The first-order valence-electron chi connectivity index (χ1n) is 7.17. The number of nitrogens with one attached hydrogen (secondary N) is 1. The van der Waals surface area contributed by atoms with Crippen LogP contribution >= 0.6 is 11.6 Å². The summed E-state index contributed by atoms with van der Waals surface area (Å²) in [6.45, 7) is 2.44. The van der Waals surface area contributed by atoms with E-state index in [1.54, 1.807) is 12.4 Å². The molecule has 5 nitrogen and oxygen atoms in total. The van der Waals surface area contributed by atoms with Gasteiger partial charge in [-0.05, 0) is 18.8 Å². The molecule has 0 aliphatic carbocycles. The van der Waals surface area contributed by atoms with E-state index < -0.39 is 5.95 Å². The number of hydrogen-bond acceptors (Lipinski definition) is 5. The Bertz CT molecular complexity index is 649. The normalized spacial score (nSPS) is 15.7. The van der Waals surface area contributed by atoms with Crippen LogP contribution in [0.5, 0.6) is 0 Å². The van der Waals surface area contributed by atoms with Crippen molar-refractivity contribution in [2.75, 3.05) is 25.1 Å². The zero-order valence-corrected chi connectivity index (χ0v) is 12.7. The minimum Gasteiger partial charge on any atom is -0.381 e. The van der Waals surface area contributed by atoms with Crippen molar-refractivity contribution in [3.8, 4) is 11.3 Å². The topological polar surface area (TPSA) is 59.9 Å². The molecule has 3 rings (SSSR count). The van der Waals surface area contributed by atoms with Gasteiger partial charge in [0.25, 0.3) is 0 Å². The molecule has 2 aromatic rings. The van der Waals surface area contributed by atoms with Crippen molar-refractivity contribution in [2.24, 2.45) is 5.92 Å². The van der Waals surface area contributed by atoms with Crippen molar-refractivity contribution in [1.82, 2.24) is 15.0 Å². The first kappa shape index (κ1) is 15.1. The third-order valence-electron chi connectivity index (χ3n) is 3.65. The first-order chi connectivity index (χ1) is 10.7. The first-order valence-corrected chi connectivity index (χ1v) is 7.55. The molecule has 0 saturated carbocycles. The summed E-state index contributed by atoms with van der Waals surface area (Å²) in [7, 11) is 0. The summed E-state index contributed by atoms with van der Waals surface area (Å²) in [5, 5.41) is 3.62. The van der Waals surface area contributed by atoms with Crippen LogP contribution < -0.4 is 5.32 Å². The molecule has 0 spiro atoms. The summed E-state index contributed by atoms with van der Waals surface area (Å²) < 4.78 is 18.6. The van der Waals surface area contributed by atoms with Gasteiger partial charge >= 0.3 is 0 Å². The summed E-state index contributed by atoms with van der Waals surface area (Å²) in [4.78, 5) is 12.1.